The Morgan fingerprint density at radius 2 is 1.91 bits per heavy atom. The molecule has 0 radical (unpaired) electrons. The first kappa shape index (κ1) is 22.2. The van der Waals surface area contributed by atoms with Crippen LogP contribution < -0.4 is 15.8 Å². The van der Waals surface area contributed by atoms with Gasteiger partial charge in [-0.25, -0.2) is 0 Å². The average molecular weight is 437 g/mol. The number of benzene rings is 2. The molecule has 3 N–H and O–H groups in total. The van der Waals surface area contributed by atoms with Gasteiger partial charge < -0.3 is 25.1 Å². The summed E-state index contributed by atoms with van der Waals surface area (Å²) in [7, 11) is 1.66. The van der Waals surface area contributed by atoms with E-state index in [0.29, 0.717) is 12.1 Å². The number of aromatic nitrogens is 1. The number of carbonyl (C=O) groups excluding carboxylic acids is 1. The van der Waals surface area contributed by atoms with Crippen LogP contribution in [0.4, 0.5) is 5.69 Å². The molecule has 4 rings (SSSR count). The molecule has 1 aliphatic rings. The van der Waals surface area contributed by atoms with E-state index in [1.165, 1.54) is 0 Å². The molecule has 0 atom stereocenters. The second-order valence-corrected chi connectivity index (χ2v) is 8.03. The van der Waals surface area contributed by atoms with Crippen molar-refractivity contribution in [3.63, 3.8) is 0 Å². The monoisotopic (exact) mass is 436 g/mol. The van der Waals surface area contributed by atoms with E-state index in [1.807, 2.05) is 42.5 Å². The van der Waals surface area contributed by atoms with Gasteiger partial charge in [-0.05, 0) is 44.2 Å². The van der Waals surface area contributed by atoms with Crippen molar-refractivity contribution < 1.29 is 14.3 Å². The van der Waals surface area contributed by atoms with Crippen LogP contribution >= 0.6 is 0 Å². The Morgan fingerprint density at radius 3 is 2.59 bits per heavy atom. The highest BCUT2D eigenvalue weighted by atomic mass is 16.5. The minimum absolute atomic E-state index is 0.0488. The zero-order valence-electron chi connectivity index (χ0n) is 18.9. The number of nitrogens with zero attached hydrogens (tertiary/aromatic N) is 2. The van der Waals surface area contributed by atoms with Crippen molar-refractivity contribution in [1.29, 1.82) is 0 Å². The van der Waals surface area contributed by atoms with Gasteiger partial charge in [0.25, 0.3) is 5.91 Å². The maximum Gasteiger partial charge on any atom is 0.251 e. The van der Waals surface area contributed by atoms with Gasteiger partial charge in [0.1, 0.15) is 5.75 Å². The summed E-state index contributed by atoms with van der Waals surface area (Å²) in [5.74, 6) is 0.754. The summed E-state index contributed by atoms with van der Waals surface area (Å²) >= 11 is 0. The third-order valence-corrected chi connectivity index (χ3v) is 6.09. The molecule has 0 aliphatic carbocycles. The van der Waals surface area contributed by atoms with Gasteiger partial charge in [0, 0.05) is 48.8 Å². The second-order valence-electron chi connectivity index (χ2n) is 8.03. The van der Waals surface area contributed by atoms with Crippen LogP contribution in [0.3, 0.4) is 0 Å². The fourth-order valence-electron chi connectivity index (χ4n) is 4.33. The zero-order chi connectivity index (χ0) is 22.5. The highest BCUT2D eigenvalue weighted by molar-refractivity contribution is 6.02. The fourth-order valence-corrected chi connectivity index (χ4v) is 4.33. The molecule has 170 valence electrons. The van der Waals surface area contributed by atoms with E-state index >= 15 is 0 Å². The summed E-state index contributed by atoms with van der Waals surface area (Å²) in [5, 5.41) is 4.03. The van der Waals surface area contributed by atoms with E-state index in [-0.39, 0.29) is 5.91 Å². The van der Waals surface area contributed by atoms with Crippen LogP contribution in [0.15, 0.2) is 42.5 Å². The average Bonchev–Trinajstić information content (AvgIpc) is 3.13. The van der Waals surface area contributed by atoms with Gasteiger partial charge in [0.15, 0.2) is 0 Å². The molecule has 0 spiro atoms. The standard InChI is InChI=1S/C25H32N4O3/c1-3-29-22-17-20(31-2)9-10-21(22)23(26)24(29)18-5-7-19(8-6-18)25(30)27-11-4-12-28-13-15-32-16-14-28/h5-10,17H,3-4,11-16,26H2,1-2H3,(H,27,30). The maximum atomic E-state index is 12.6. The lowest BCUT2D eigenvalue weighted by Crippen LogP contribution is -2.38. The van der Waals surface area contributed by atoms with E-state index in [0.717, 1.165) is 79.4 Å². The molecule has 0 saturated carbocycles. The van der Waals surface area contributed by atoms with Crippen molar-refractivity contribution in [2.24, 2.45) is 0 Å². The van der Waals surface area contributed by atoms with Crippen LogP contribution in [-0.2, 0) is 11.3 Å². The molecule has 1 saturated heterocycles. The lowest BCUT2D eigenvalue weighted by molar-refractivity contribution is 0.0374. The van der Waals surface area contributed by atoms with Crippen LogP contribution in [0.2, 0.25) is 0 Å². The van der Waals surface area contributed by atoms with Crippen molar-refractivity contribution in [3.05, 3.63) is 48.0 Å². The number of ether oxygens (including phenoxy) is 2. The molecular weight excluding hydrogens is 404 g/mol. The summed E-state index contributed by atoms with van der Waals surface area (Å²) in [6.45, 7) is 8.06. The van der Waals surface area contributed by atoms with Crippen LogP contribution in [0.5, 0.6) is 5.75 Å². The molecule has 7 heteroatoms. The first-order valence-electron chi connectivity index (χ1n) is 11.3. The topological polar surface area (TPSA) is 81.8 Å². The largest absolute Gasteiger partial charge is 0.497 e. The Balaban J connectivity index is 1.44. The van der Waals surface area contributed by atoms with E-state index < -0.39 is 0 Å². The third kappa shape index (κ3) is 4.59. The lowest BCUT2D eigenvalue weighted by Gasteiger charge is -2.26. The summed E-state index contributed by atoms with van der Waals surface area (Å²) in [4.78, 5) is 14.9. The van der Waals surface area contributed by atoms with Gasteiger partial charge in [-0.3, -0.25) is 9.69 Å². The molecule has 2 heterocycles. The van der Waals surface area contributed by atoms with Gasteiger partial charge in [-0.15, -0.1) is 0 Å². The first-order valence-corrected chi connectivity index (χ1v) is 11.3. The highest BCUT2D eigenvalue weighted by Gasteiger charge is 2.17. The molecule has 0 unspecified atom stereocenters. The number of fused-ring (bicyclic) bond motifs is 1. The second kappa shape index (κ2) is 10.1. The van der Waals surface area contributed by atoms with Gasteiger partial charge in [0.2, 0.25) is 0 Å². The Hall–Kier alpha value is -3.03. The van der Waals surface area contributed by atoms with Gasteiger partial charge in [-0.1, -0.05) is 12.1 Å². The number of hydrogen-bond donors (Lipinski definition) is 2. The van der Waals surface area contributed by atoms with Crippen molar-refractivity contribution in [2.75, 3.05) is 52.2 Å². The molecule has 0 bridgehead atoms. The quantitative estimate of drug-likeness (QED) is 0.529. The number of morpholine rings is 1. The smallest absolute Gasteiger partial charge is 0.251 e. The van der Waals surface area contributed by atoms with Crippen molar-refractivity contribution in [2.45, 2.75) is 19.9 Å². The normalized spacial score (nSPS) is 14.6. The molecule has 32 heavy (non-hydrogen) atoms. The number of anilines is 1. The highest BCUT2D eigenvalue weighted by Crippen LogP contribution is 2.37. The number of amides is 1. The van der Waals surface area contributed by atoms with Crippen LogP contribution in [0.1, 0.15) is 23.7 Å². The molecule has 1 aliphatic heterocycles. The maximum absolute atomic E-state index is 12.6. The number of rotatable bonds is 8. The number of aryl methyl sites for hydroxylation is 1. The van der Waals surface area contributed by atoms with Crippen molar-refractivity contribution in [1.82, 2.24) is 14.8 Å². The predicted octanol–water partition coefficient (Wildman–Crippen LogP) is 3.37. The summed E-state index contributed by atoms with van der Waals surface area (Å²) < 4.78 is 12.9. The van der Waals surface area contributed by atoms with Crippen LogP contribution in [0.25, 0.3) is 22.2 Å². The molecule has 7 nitrogen and oxygen atoms in total. The Bertz CT molecular complexity index is 1070. The van der Waals surface area contributed by atoms with Crippen LogP contribution in [0, 0.1) is 0 Å². The summed E-state index contributed by atoms with van der Waals surface area (Å²) in [5.41, 5.74) is 10.9. The SMILES string of the molecule is CCn1c(-c2ccc(C(=O)NCCCN3CCOCC3)cc2)c(N)c2ccc(OC)cc21. The summed E-state index contributed by atoms with van der Waals surface area (Å²) in [6.07, 6.45) is 0.931. The number of hydrogen-bond acceptors (Lipinski definition) is 5. The molecular formula is C25H32N4O3. The minimum atomic E-state index is -0.0488. The van der Waals surface area contributed by atoms with Gasteiger partial charge >= 0.3 is 0 Å². The van der Waals surface area contributed by atoms with E-state index in [9.17, 15) is 4.79 Å². The molecule has 3 aromatic rings. The Labute approximate surface area is 189 Å². The Kier molecular flexibility index (Phi) is 6.97. The number of nitrogens with two attached hydrogens (primary N) is 1. The lowest BCUT2D eigenvalue weighted by atomic mass is 10.1. The third-order valence-electron chi connectivity index (χ3n) is 6.09. The number of methoxy groups -OCH3 is 1. The molecule has 1 aromatic heterocycles. The number of carbonyl (C=O) groups is 1. The van der Waals surface area contributed by atoms with E-state index in [1.54, 1.807) is 7.11 Å². The minimum Gasteiger partial charge on any atom is -0.497 e. The van der Waals surface area contributed by atoms with Crippen molar-refractivity contribution in [3.8, 4) is 17.0 Å². The van der Waals surface area contributed by atoms with Gasteiger partial charge in [-0.2, -0.15) is 0 Å². The Morgan fingerprint density at radius 1 is 1.16 bits per heavy atom. The van der Waals surface area contributed by atoms with Crippen molar-refractivity contribution >= 4 is 22.5 Å². The molecule has 1 amide bonds. The predicted molar refractivity (Wildman–Crippen MR) is 128 cm³/mol. The number of nitrogens with one attached hydrogen (secondary N) is 1. The fraction of sp³-hybridized carbons (Fsp3) is 0.400. The first-order chi connectivity index (χ1) is 15.6. The van der Waals surface area contributed by atoms with Gasteiger partial charge in [0.05, 0.1) is 37.2 Å². The zero-order valence-corrected chi connectivity index (χ0v) is 18.9. The number of nitrogen functional groups attached to an aromatic ring is 1. The molecule has 2 aromatic carbocycles. The summed E-state index contributed by atoms with van der Waals surface area (Å²) in [6, 6.07) is 13.6. The van der Waals surface area contributed by atoms with Crippen LogP contribution in [-0.4, -0.2) is 61.9 Å². The molecule has 1 fully saturated rings. The van der Waals surface area contributed by atoms with E-state index in [4.69, 9.17) is 15.2 Å². The van der Waals surface area contributed by atoms with E-state index in [2.05, 4.69) is 21.7 Å².